The summed E-state index contributed by atoms with van der Waals surface area (Å²) in [4.78, 5) is 32.6. The minimum atomic E-state index is -0.373. The highest BCUT2D eigenvalue weighted by atomic mass is 32.2. The smallest absolute Gasteiger partial charge is 0.338 e. The van der Waals surface area contributed by atoms with E-state index in [9.17, 15) is 9.59 Å². The maximum absolute atomic E-state index is 12.7. The first kappa shape index (κ1) is 20.6. The molecule has 150 valence electrons. The van der Waals surface area contributed by atoms with Crippen LogP contribution in [0.15, 0.2) is 44.9 Å². The van der Waals surface area contributed by atoms with Crippen molar-refractivity contribution in [1.82, 2.24) is 10.2 Å². The van der Waals surface area contributed by atoms with Crippen LogP contribution in [0, 0.1) is 0 Å². The maximum atomic E-state index is 12.7. The van der Waals surface area contributed by atoms with E-state index in [1.807, 2.05) is 34.7 Å². The molecule has 9 heteroatoms. The van der Waals surface area contributed by atoms with Gasteiger partial charge in [0.05, 0.1) is 30.9 Å². The number of esters is 1. The molecule has 0 unspecified atom stereocenters. The number of thioether (sulfide) groups is 1. The Hall–Kier alpha value is -2.10. The van der Waals surface area contributed by atoms with Crippen LogP contribution in [0.4, 0.5) is 0 Å². The Balaban J connectivity index is 1.89. The molecule has 0 saturated carbocycles. The minimum absolute atomic E-state index is 0.0981. The Labute approximate surface area is 172 Å². The lowest BCUT2D eigenvalue weighted by Gasteiger charge is -2.35. The average Bonchev–Trinajstić information content (AvgIpc) is 3.31. The lowest BCUT2D eigenvalue weighted by Crippen LogP contribution is -2.38. The summed E-state index contributed by atoms with van der Waals surface area (Å²) >= 11 is 3.03. The summed E-state index contributed by atoms with van der Waals surface area (Å²) in [5.74, 6) is -0.471. The molecule has 0 saturated heterocycles. The van der Waals surface area contributed by atoms with Crippen LogP contribution in [0.5, 0.6) is 0 Å². The number of allylic oxidation sites excluding steroid dienone is 1. The number of amidine groups is 1. The first-order valence-electron chi connectivity index (χ1n) is 8.97. The van der Waals surface area contributed by atoms with Crippen molar-refractivity contribution in [2.24, 2.45) is 4.99 Å². The van der Waals surface area contributed by atoms with Gasteiger partial charge in [-0.05, 0) is 30.7 Å². The topological polar surface area (TPSA) is 80.2 Å². The van der Waals surface area contributed by atoms with E-state index >= 15 is 0 Å². The van der Waals surface area contributed by atoms with Gasteiger partial charge in [0.15, 0.2) is 5.17 Å². The number of nitrogens with zero attached hydrogens (tertiary/aromatic N) is 2. The lowest BCUT2D eigenvalue weighted by molar-refractivity contribution is -0.139. The Bertz CT molecular complexity index is 830. The Morgan fingerprint density at radius 2 is 2.21 bits per heavy atom. The van der Waals surface area contributed by atoms with Crippen LogP contribution in [0.1, 0.15) is 31.2 Å². The third-order valence-corrected chi connectivity index (χ3v) is 6.09. The summed E-state index contributed by atoms with van der Waals surface area (Å²) in [6, 6.07) is 3.59. The van der Waals surface area contributed by atoms with Gasteiger partial charge in [-0.15, -0.1) is 11.3 Å². The number of rotatable bonds is 8. The van der Waals surface area contributed by atoms with Crippen molar-refractivity contribution in [2.75, 3.05) is 26.9 Å². The monoisotopic (exact) mass is 421 g/mol. The maximum Gasteiger partial charge on any atom is 0.338 e. The summed E-state index contributed by atoms with van der Waals surface area (Å²) in [5.41, 5.74) is 1.97. The Morgan fingerprint density at radius 3 is 2.89 bits per heavy atom. The van der Waals surface area contributed by atoms with Gasteiger partial charge in [0.2, 0.25) is 5.91 Å². The second-order valence-corrected chi connectivity index (χ2v) is 7.96. The van der Waals surface area contributed by atoms with Gasteiger partial charge in [0.25, 0.3) is 0 Å². The van der Waals surface area contributed by atoms with E-state index in [0.717, 1.165) is 15.7 Å². The zero-order chi connectivity index (χ0) is 20.1. The average molecular weight is 422 g/mol. The first-order valence-corrected chi connectivity index (χ1v) is 10.7. The summed E-state index contributed by atoms with van der Waals surface area (Å²) in [6.45, 7) is 4.82. The van der Waals surface area contributed by atoms with Crippen LogP contribution >= 0.6 is 23.1 Å². The van der Waals surface area contributed by atoms with Gasteiger partial charge in [0, 0.05) is 24.2 Å². The molecule has 1 atom stereocenters. The highest BCUT2D eigenvalue weighted by molar-refractivity contribution is 8.16. The molecule has 0 radical (unpaired) electrons. The molecule has 3 rings (SSSR count). The van der Waals surface area contributed by atoms with Gasteiger partial charge in [-0.3, -0.25) is 4.79 Å². The first-order chi connectivity index (χ1) is 13.6. The fraction of sp³-hybridized carbons (Fsp3) is 0.421. The minimum Gasteiger partial charge on any atom is -0.463 e. The molecule has 0 aromatic carbocycles. The number of fused-ring (bicyclic) bond motifs is 1. The van der Waals surface area contributed by atoms with Crippen molar-refractivity contribution in [1.29, 1.82) is 0 Å². The molecule has 7 nitrogen and oxygen atoms in total. The fourth-order valence-corrected chi connectivity index (χ4v) is 4.86. The molecule has 0 aliphatic carbocycles. The van der Waals surface area contributed by atoms with Gasteiger partial charge in [-0.2, -0.15) is 0 Å². The zero-order valence-corrected chi connectivity index (χ0v) is 17.7. The molecule has 1 aromatic heterocycles. The van der Waals surface area contributed by atoms with Crippen molar-refractivity contribution < 1.29 is 19.1 Å². The van der Waals surface area contributed by atoms with E-state index in [-0.39, 0.29) is 24.3 Å². The number of amides is 1. The molecule has 1 N–H and O–H groups in total. The number of hydrogen-bond donors (Lipinski definition) is 1. The SMILES string of the molecule is CCOC(=O)C1=C(C)N=C2SC=C(CC(=O)NCCOC)N2[C@H]1c1cccs1. The number of hydrogen-bond acceptors (Lipinski definition) is 8. The number of methoxy groups -OCH3 is 1. The van der Waals surface area contributed by atoms with E-state index in [0.29, 0.717) is 31.0 Å². The summed E-state index contributed by atoms with van der Waals surface area (Å²) in [6.07, 6.45) is 0.201. The molecular formula is C19H23N3O4S2. The van der Waals surface area contributed by atoms with Gasteiger partial charge in [0.1, 0.15) is 6.04 Å². The number of ether oxygens (including phenoxy) is 2. The number of nitrogens with one attached hydrogen (secondary N) is 1. The summed E-state index contributed by atoms with van der Waals surface area (Å²) in [5, 5.41) is 7.51. The van der Waals surface area contributed by atoms with Crippen LogP contribution in [0.25, 0.3) is 0 Å². The third kappa shape index (κ3) is 4.31. The summed E-state index contributed by atoms with van der Waals surface area (Å²) in [7, 11) is 1.59. The molecule has 0 fully saturated rings. The lowest BCUT2D eigenvalue weighted by atomic mass is 9.99. The van der Waals surface area contributed by atoms with Crippen LogP contribution in [-0.2, 0) is 19.1 Å². The highest BCUT2D eigenvalue weighted by Gasteiger charge is 2.41. The number of carbonyl (C=O) groups excluding carboxylic acids is 2. The predicted octanol–water partition coefficient (Wildman–Crippen LogP) is 3.04. The quantitative estimate of drug-likeness (QED) is 0.513. The molecule has 0 spiro atoms. The van der Waals surface area contributed by atoms with Crippen LogP contribution in [0.2, 0.25) is 0 Å². The van der Waals surface area contributed by atoms with Crippen molar-refractivity contribution in [3.63, 3.8) is 0 Å². The molecular weight excluding hydrogens is 398 g/mol. The van der Waals surface area contributed by atoms with E-state index in [4.69, 9.17) is 9.47 Å². The normalized spacial score (nSPS) is 18.5. The number of aliphatic imine (C=N–C) groups is 1. The van der Waals surface area contributed by atoms with E-state index in [1.165, 1.54) is 11.8 Å². The number of carbonyl (C=O) groups is 2. The van der Waals surface area contributed by atoms with Crippen LogP contribution in [-0.4, -0.2) is 48.8 Å². The molecule has 28 heavy (non-hydrogen) atoms. The van der Waals surface area contributed by atoms with Crippen molar-refractivity contribution >= 4 is 40.1 Å². The Kier molecular flexibility index (Phi) is 6.93. The molecule has 0 bridgehead atoms. The second kappa shape index (κ2) is 9.40. The summed E-state index contributed by atoms with van der Waals surface area (Å²) < 4.78 is 10.3. The van der Waals surface area contributed by atoms with E-state index < -0.39 is 0 Å². The standard InChI is InChI=1S/C19H23N3O4S2/c1-4-26-18(24)16-12(2)21-19-22(17(16)14-6-5-9-27-14)13(11-28-19)10-15(23)20-7-8-25-3/h5-6,9,11,17H,4,7-8,10H2,1-3H3,(H,20,23)/t17-/m0/s1. The Morgan fingerprint density at radius 1 is 1.39 bits per heavy atom. The van der Waals surface area contributed by atoms with Crippen LogP contribution in [0.3, 0.4) is 0 Å². The van der Waals surface area contributed by atoms with Crippen molar-refractivity contribution in [3.8, 4) is 0 Å². The van der Waals surface area contributed by atoms with E-state index in [2.05, 4.69) is 10.3 Å². The molecule has 2 aliphatic rings. The third-order valence-electron chi connectivity index (χ3n) is 4.28. The van der Waals surface area contributed by atoms with Crippen LogP contribution < -0.4 is 5.32 Å². The van der Waals surface area contributed by atoms with Crippen molar-refractivity contribution in [3.05, 3.63) is 44.8 Å². The van der Waals surface area contributed by atoms with Gasteiger partial charge in [-0.25, -0.2) is 9.79 Å². The number of thiophene rings is 1. The van der Waals surface area contributed by atoms with Gasteiger partial charge < -0.3 is 19.7 Å². The molecule has 1 amide bonds. The van der Waals surface area contributed by atoms with E-state index in [1.54, 1.807) is 25.4 Å². The molecule has 1 aromatic rings. The fourth-order valence-electron chi connectivity index (χ4n) is 3.08. The molecule has 3 heterocycles. The van der Waals surface area contributed by atoms with Gasteiger partial charge in [-0.1, -0.05) is 17.8 Å². The predicted molar refractivity (Wildman–Crippen MR) is 111 cm³/mol. The zero-order valence-electron chi connectivity index (χ0n) is 16.1. The molecule has 2 aliphatic heterocycles. The van der Waals surface area contributed by atoms with Crippen molar-refractivity contribution in [2.45, 2.75) is 26.3 Å². The van der Waals surface area contributed by atoms with Gasteiger partial charge >= 0.3 is 5.97 Å². The second-order valence-electron chi connectivity index (χ2n) is 6.15. The highest BCUT2D eigenvalue weighted by Crippen LogP contribution is 2.45. The largest absolute Gasteiger partial charge is 0.463 e.